The van der Waals surface area contributed by atoms with E-state index in [-0.39, 0.29) is 11.6 Å². The van der Waals surface area contributed by atoms with Crippen molar-refractivity contribution < 1.29 is 4.79 Å². The normalized spacial score (nSPS) is 10.2. The Morgan fingerprint density at radius 1 is 1.15 bits per heavy atom. The average molecular weight is 271 g/mol. The van der Waals surface area contributed by atoms with Crippen LogP contribution in [0.5, 0.6) is 0 Å². The van der Waals surface area contributed by atoms with Crippen molar-refractivity contribution in [1.29, 1.82) is 0 Å². The fourth-order valence-electron chi connectivity index (χ4n) is 1.80. The maximum Gasteiger partial charge on any atom is 0.277 e. The molecule has 0 saturated carbocycles. The second kappa shape index (κ2) is 6.10. The molecule has 1 amide bonds. The van der Waals surface area contributed by atoms with Crippen molar-refractivity contribution in [2.24, 2.45) is 0 Å². The first kappa shape index (κ1) is 13.9. The lowest BCUT2D eigenvalue weighted by atomic mass is 10.2. The summed E-state index contributed by atoms with van der Waals surface area (Å²) in [6.45, 7) is 6.56. The van der Waals surface area contributed by atoms with Gasteiger partial charge >= 0.3 is 0 Å². The molecular formula is C14H17N5O. The van der Waals surface area contributed by atoms with E-state index in [0.29, 0.717) is 11.6 Å². The quantitative estimate of drug-likeness (QED) is 0.890. The second-order valence-electron chi connectivity index (χ2n) is 4.44. The van der Waals surface area contributed by atoms with Crippen LogP contribution in [0.15, 0.2) is 24.5 Å². The molecular weight excluding hydrogens is 254 g/mol. The largest absolute Gasteiger partial charge is 0.369 e. The number of carbonyl (C=O) groups is 1. The van der Waals surface area contributed by atoms with Gasteiger partial charge in [-0.2, -0.15) is 0 Å². The summed E-state index contributed by atoms with van der Waals surface area (Å²) < 4.78 is 0. The van der Waals surface area contributed by atoms with E-state index in [2.05, 4.69) is 25.6 Å². The van der Waals surface area contributed by atoms with E-state index in [4.69, 9.17) is 0 Å². The molecule has 2 N–H and O–H groups in total. The van der Waals surface area contributed by atoms with E-state index in [9.17, 15) is 4.79 Å². The van der Waals surface area contributed by atoms with Gasteiger partial charge < -0.3 is 10.6 Å². The zero-order valence-corrected chi connectivity index (χ0v) is 11.8. The molecule has 0 saturated heterocycles. The van der Waals surface area contributed by atoms with E-state index in [0.717, 1.165) is 17.8 Å². The maximum atomic E-state index is 12.0. The van der Waals surface area contributed by atoms with Gasteiger partial charge in [0.2, 0.25) is 0 Å². The molecule has 6 heteroatoms. The van der Waals surface area contributed by atoms with E-state index in [1.54, 1.807) is 0 Å². The van der Waals surface area contributed by atoms with Crippen LogP contribution >= 0.6 is 0 Å². The first-order chi connectivity index (χ1) is 9.58. The van der Waals surface area contributed by atoms with E-state index < -0.39 is 0 Å². The van der Waals surface area contributed by atoms with Gasteiger partial charge in [-0.15, -0.1) is 0 Å². The highest BCUT2D eigenvalue weighted by atomic mass is 16.1. The summed E-state index contributed by atoms with van der Waals surface area (Å²) >= 11 is 0. The Bertz CT molecular complexity index is 589. The molecule has 104 valence electrons. The number of aryl methyl sites for hydroxylation is 2. The highest BCUT2D eigenvalue weighted by Gasteiger charge is 2.09. The third-order valence-electron chi connectivity index (χ3n) is 2.58. The number of pyridine rings is 1. The summed E-state index contributed by atoms with van der Waals surface area (Å²) in [7, 11) is 0. The van der Waals surface area contributed by atoms with Crippen LogP contribution in [0.4, 0.5) is 11.6 Å². The molecule has 0 atom stereocenters. The second-order valence-corrected chi connectivity index (χ2v) is 4.44. The summed E-state index contributed by atoms with van der Waals surface area (Å²) in [6.07, 6.45) is 2.98. The van der Waals surface area contributed by atoms with Gasteiger partial charge in [-0.25, -0.2) is 15.0 Å². The SMILES string of the molecule is CCNc1cnc(C(=O)Nc2cc(C)cc(C)n2)cn1. The van der Waals surface area contributed by atoms with Crippen LogP contribution in [0, 0.1) is 13.8 Å². The van der Waals surface area contributed by atoms with Gasteiger partial charge in [-0.1, -0.05) is 0 Å². The van der Waals surface area contributed by atoms with Gasteiger partial charge in [-0.05, 0) is 38.5 Å². The van der Waals surface area contributed by atoms with Crippen molar-refractivity contribution in [3.63, 3.8) is 0 Å². The Morgan fingerprint density at radius 2 is 1.95 bits per heavy atom. The van der Waals surface area contributed by atoms with Crippen LogP contribution in [0.2, 0.25) is 0 Å². The highest BCUT2D eigenvalue weighted by Crippen LogP contribution is 2.10. The Kier molecular flexibility index (Phi) is 4.24. The minimum Gasteiger partial charge on any atom is -0.369 e. The van der Waals surface area contributed by atoms with Gasteiger partial charge in [0, 0.05) is 12.2 Å². The standard InChI is InChI=1S/C14H17N5O/c1-4-15-13-8-16-11(7-17-13)14(20)19-12-6-9(2)5-10(3)18-12/h5-8H,4H2,1-3H3,(H,15,17)(H,18,19,20). The predicted octanol–water partition coefficient (Wildman–Crippen LogP) is 2.17. The molecule has 0 unspecified atom stereocenters. The molecule has 0 bridgehead atoms. The van der Waals surface area contributed by atoms with Crippen molar-refractivity contribution in [2.75, 3.05) is 17.2 Å². The lowest BCUT2D eigenvalue weighted by Gasteiger charge is -2.06. The number of rotatable bonds is 4. The van der Waals surface area contributed by atoms with Crippen molar-refractivity contribution in [1.82, 2.24) is 15.0 Å². The highest BCUT2D eigenvalue weighted by molar-refractivity contribution is 6.02. The van der Waals surface area contributed by atoms with Crippen LogP contribution in [-0.4, -0.2) is 27.4 Å². The molecule has 0 aromatic carbocycles. The summed E-state index contributed by atoms with van der Waals surface area (Å²) in [4.78, 5) is 24.5. The number of nitrogens with one attached hydrogen (secondary N) is 2. The fraction of sp³-hybridized carbons (Fsp3) is 0.286. The van der Waals surface area contributed by atoms with E-state index in [1.165, 1.54) is 12.4 Å². The molecule has 2 aromatic heterocycles. The zero-order valence-electron chi connectivity index (χ0n) is 11.8. The molecule has 6 nitrogen and oxygen atoms in total. The van der Waals surface area contributed by atoms with E-state index in [1.807, 2.05) is 32.9 Å². The molecule has 0 aliphatic heterocycles. The third-order valence-corrected chi connectivity index (χ3v) is 2.58. The van der Waals surface area contributed by atoms with Crippen LogP contribution in [-0.2, 0) is 0 Å². The minimum atomic E-state index is -0.321. The monoisotopic (exact) mass is 271 g/mol. The van der Waals surface area contributed by atoms with Gasteiger partial charge in [0.1, 0.15) is 17.3 Å². The molecule has 2 heterocycles. The molecule has 2 rings (SSSR count). The summed E-state index contributed by atoms with van der Waals surface area (Å²) in [5.41, 5.74) is 2.16. The van der Waals surface area contributed by atoms with Crippen LogP contribution in [0.3, 0.4) is 0 Å². The first-order valence-corrected chi connectivity index (χ1v) is 6.41. The van der Waals surface area contributed by atoms with Gasteiger partial charge in [0.25, 0.3) is 5.91 Å². The number of carbonyl (C=O) groups excluding carboxylic acids is 1. The van der Waals surface area contributed by atoms with Crippen molar-refractivity contribution >= 4 is 17.5 Å². The molecule has 20 heavy (non-hydrogen) atoms. The molecule has 2 aromatic rings. The summed E-state index contributed by atoms with van der Waals surface area (Å²) in [5, 5.41) is 5.74. The zero-order chi connectivity index (χ0) is 14.5. The number of amides is 1. The maximum absolute atomic E-state index is 12.0. The molecule has 0 spiro atoms. The van der Waals surface area contributed by atoms with Crippen molar-refractivity contribution in [3.05, 3.63) is 41.5 Å². The predicted molar refractivity (Wildman–Crippen MR) is 77.9 cm³/mol. The number of nitrogens with zero attached hydrogens (tertiary/aromatic N) is 3. The van der Waals surface area contributed by atoms with Crippen LogP contribution in [0.1, 0.15) is 28.7 Å². The fourth-order valence-corrected chi connectivity index (χ4v) is 1.80. The molecule has 0 radical (unpaired) electrons. The number of hydrogen-bond donors (Lipinski definition) is 2. The van der Waals surface area contributed by atoms with Crippen molar-refractivity contribution in [3.8, 4) is 0 Å². The number of anilines is 2. The Morgan fingerprint density at radius 3 is 2.55 bits per heavy atom. The lowest BCUT2D eigenvalue weighted by Crippen LogP contribution is -2.15. The number of aromatic nitrogens is 3. The lowest BCUT2D eigenvalue weighted by molar-refractivity contribution is 0.102. The molecule has 0 fully saturated rings. The van der Waals surface area contributed by atoms with Crippen LogP contribution in [0.25, 0.3) is 0 Å². The Labute approximate surface area is 117 Å². The number of hydrogen-bond acceptors (Lipinski definition) is 5. The van der Waals surface area contributed by atoms with E-state index >= 15 is 0 Å². The third kappa shape index (κ3) is 3.50. The van der Waals surface area contributed by atoms with Crippen molar-refractivity contribution in [2.45, 2.75) is 20.8 Å². The van der Waals surface area contributed by atoms with Gasteiger partial charge in [-0.3, -0.25) is 4.79 Å². The summed E-state index contributed by atoms with van der Waals surface area (Å²) in [6, 6.07) is 3.76. The smallest absolute Gasteiger partial charge is 0.277 e. The average Bonchev–Trinajstić information content (AvgIpc) is 2.38. The molecule has 0 aliphatic carbocycles. The topological polar surface area (TPSA) is 79.8 Å². The van der Waals surface area contributed by atoms with Gasteiger partial charge in [0.15, 0.2) is 0 Å². The summed E-state index contributed by atoms with van der Waals surface area (Å²) in [5.74, 6) is 0.844. The molecule has 0 aliphatic rings. The van der Waals surface area contributed by atoms with Crippen LogP contribution < -0.4 is 10.6 Å². The van der Waals surface area contributed by atoms with Gasteiger partial charge in [0.05, 0.1) is 12.4 Å². The first-order valence-electron chi connectivity index (χ1n) is 6.41. The Balaban J connectivity index is 2.11. The minimum absolute atomic E-state index is 0.257. The Hall–Kier alpha value is -2.50.